The average Bonchev–Trinajstić information content (AvgIpc) is 3.24. The molecule has 2 aromatic heterocycles. The molecule has 0 amide bonds. The van der Waals surface area contributed by atoms with E-state index in [4.69, 9.17) is 18.9 Å². The largest absolute Gasteiger partial charge is 0.493 e. The fourth-order valence-electron chi connectivity index (χ4n) is 6.65. The Morgan fingerprint density at radius 3 is 1.59 bits per heavy atom. The molecule has 4 N–H and O–H groups in total. The summed E-state index contributed by atoms with van der Waals surface area (Å²) in [5.74, 6) is 1.96. The van der Waals surface area contributed by atoms with Crippen molar-refractivity contribution in [3.8, 4) is 23.0 Å². The number of likely N-dealkylation sites (tertiary alicyclic amines) is 1. The Hall–Kier alpha value is -4.98. The number of hydrogen-bond donors (Lipinski definition) is 4. The topological polar surface area (TPSA) is 159 Å². The molecular weight excluding hydrogens is 922 g/mol. The number of fused-ring (bicyclic) bond motifs is 2. The maximum atomic E-state index is 14.3. The Balaban J connectivity index is 0.000000205. The van der Waals surface area contributed by atoms with E-state index in [9.17, 15) is 19.0 Å². The van der Waals surface area contributed by atoms with E-state index in [0.717, 1.165) is 13.1 Å². The number of aliphatic hydroxyl groups excluding tert-OH is 2. The van der Waals surface area contributed by atoms with Crippen molar-refractivity contribution in [2.75, 3.05) is 78.3 Å². The Labute approximate surface area is 369 Å². The zero-order valence-electron chi connectivity index (χ0n) is 34.2. The maximum absolute atomic E-state index is 14.3. The quantitative estimate of drug-likeness (QED) is 0.0737. The first-order valence-electron chi connectivity index (χ1n) is 19.5. The van der Waals surface area contributed by atoms with Crippen molar-refractivity contribution < 1.29 is 37.9 Å². The Bertz CT molecular complexity index is 2410. The van der Waals surface area contributed by atoms with Gasteiger partial charge in [-0.15, -0.1) is 0 Å². The number of halogens is 4. The minimum absolute atomic E-state index is 0.111. The molecule has 1 aliphatic rings. The molecule has 1 saturated heterocycles. The summed E-state index contributed by atoms with van der Waals surface area (Å²) in [7, 11) is 6.82. The summed E-state index contributed by atoms with van der Waals surface area (Å²) in [6.45, 7) is 3.36. The highest BCUT2D eigenvalue weighted by Crippen LogP contribution is 2.37. The number of piperidine rings is 1. The molecule has 18 heteroatoms. The second-order valence-corrected chi connectivity index (χ2v) is 16.4. The predicted molar refractivity (Wildman–Crippen MR) is 239 cm³/mol. The van der Waals surface area contributed by atoms with Crippen molar-refractivity contribution in [1.82, 2.24) is 29.7 Å². The summed E-state index contributed by atoms with van der Waals surface area (Å²) >= 11 is 6.50. The summed E-state index contributed by atoms with van der Waals surface area (Å²) in [4.78, 5) is 21.2. The molecule has 2 unspecified atom stereocenters. The van der Waals surface area contributed by atoms with Gasteiger partial charge in [0.05, 0.1) is 36.6 Å². The van der Waals surface area contributed by atoms with E-state index in [1.165, 1.54) is 51.2 Å². The Morgan fingerprint density at radius 1 is 0.672 bits per heavy atom. The molecule has 1 fully saturated rings. The van der Waals surface area contributed by atoms with Crippen molar-refractivity contribution >= 4 is 76.7 Å². The third kappa shape index (κ3) is 12.5. The summed E-state index contributed by atoms with van der Waals surface area (Å²) < 4.78 is 52.3. The summed E-state index contributed by atoms with van der Waals surface area (Å²) in [5, 5.41) is 27.8. The van der Waals surface area contributed by atoms with Crippen LogP contribution in [0.2, 0.25) is 0 Å². The fraction of sp³-hybridized carbons (Fsp3) is 0.349. The number of likely N-dealkylation sites (N-methyl/N-ethyl adjacent to an activating group) is 1. The van der Waals surface area contributed by atoms with E-state index in [1.54, 1.807) is 55.6 Å². The zero-order valence-corrected chi connectivity index (χ0v) is 37.3. The molecule has 0 saturated carbocycles. The van der Waals surface area contributed by atoms with Crippen LogP contribution in [0.25, 0.3) is 21.8 Å². The first kappa shape index (κ1) is 45.5. The average molecular weight is 971 g/mol. The van der Waals surface area contributed by atoms with Gasteiger partial charge in [0.2, 0.25) is 0 Å². The van der Waals surface area contributed by atoms with E-state index in [0.29, 0.717) is 89.8 Å². The second kappa shape index (κ2) is 21.7. The van der Waals surface area contributed by atoms with Gasteiger partial charge in [-0.25, -0.2) is 28.7 Å². The molecule has 0 bridgehead atoms. The van der Waals surface area contributed by atoms with Gasteiger partial charge < -0.3 is 49.6 Å². The highest BCUT2D eigenvalue weighted by molar-refractivity contribution is 9.10. The monoisotopic (exact) mass is 968 g/mol. The predicted octanol–water partition coefficient (Wildman–Crippen LogP) is 8.09. The van der Waals surface area contributed by atoms with Crippen LogP contribution in [0.3, 0.4) is 0 Å². The highest BCUT2D eigenvalue weighted by atomic mass is 79.9. The normalized spacial score (nSPS) is 14.0. The van der Waals surface area contributed by atoms with Crippen molar-refractivity contribution in [2.24, 2.45) is 0 Å². The molecule has 61 heavy (non-hydrogen) atoms. The minimum Gasteiger partial charge on any atom is -0.493 e. The van der Waals surface area contributed by atoms with Gasteiger partial charge in [0.1, 0.15) is 61.3 Å². The number of aliphatic hydroxyl groups is 2. The first-order chi connectivity index (χ1) is 29.4. The van der Waals surface area contributed by atoms with Crippen LogP contribution in [0.4, 0.5) is 31.8 Å². The first-order valence-corrected chi connectivity index (χ1v) is 21.1. The second-order valence-electron chi connectivity index (χ2n) is 14.5. The lowest BCUT2D eigenvalue weighted by molar-refractivity contribution is 0.0609. The van der Waals surface area contributed by atoms with Crippen LogP contribution >= 0.6 is 31.9 Å². The number of rotatable bonds is 16. The molecule has 0 spiro atoms. The molecule has 7 rings (SSSR count). The summed E-state index contributed by atoms with van der Waals surface area (Å²) in [6.07, 6.45) is 5.15. The molecule has 4 aromatic carbocycles. The van der Waals surface area contributed by atoms with Crippen molar-refractivity contribution in [2.45, 2.75) is 31.5 Å². The highest BCUT2D eigenvalue weighted by Gasteiger charge is 2.19. The SMILES string of the molecule is COc1cc2c(Nc3ccc(Br)cc3F)ncnc2cc1OCC(O)CN(C)C.COc1cc2c(Nc3ccc(Br)cc3F)ncnc2cc1OCC(O)CN1CCCCC1. The van der Waals surface area contributed by atoms with Gasteiger partial charge in [-0.05, 0) is 88.6 Å². The molecular formula is C43H48Br2F2N8O6. The molecule has 14 nitrogen and oxygen atoms in total. The standard InChI is InChI=1S/C23H26BrFN4O3.C20H22BrFN4O3/c1-31-21-10-17-20(11-22(21)32-13-16(30)12-29-7-3-2-4-8-29)26-14-27-23(17)28-19-6-5-15(24)9-18(19)25;1-26(2)9-13(27)10-29-19-8-17-14(7-18(19)28-3)20(24-11-23-17)25-16-5-4-12(21)6-15(16)22/h5-6,9-11,14,16,30H,2-4,7-8,12-13H2,1H3,(H,26,27,28);4-8,11,13,27H,9-10H2,1-3H3,(H,23,24,25). The van der Waals surface area contributed by atoms with Crippen LogP contribution in [0.1, 0.15) is 19.3 Å². The number of benzene rings is 4. The van der Waals surface area contributed by atoms with Crippen molar-refractivity contribution in [3.05, 3.63) is 93.9 Å². The van der Waals surface area contributed by atoms with Crippen LogP contribution in [0.15, 0.2) is 82.3 Å². The van der Waals surface area contributed by atoms with Crippen LogP contribution in [0, 0.1) is 11.6 Å². The number of methoxy groups -OCH3 is 2. The van der Waals surface area contributed by atoms with Gasteiger partial charge in [0, 0.05) is 44.9 Å². The van der Waals surface area contributed by atoms with E-state index in [-0.39, 0.29) is 13.2 Å². The molecule has 0 radical (unpaired) electrons. The third-order valence-corrected chi connectivity index (χ3v) is 10.6. The fourth-order valence-corrected chi connectivity index (χ4v) is 7.31. The molecule has 324 valence electrons. The Morgan fingerprint density at radius 2 is 1.15 bits per heavy atom. The van der Waals surface area contributed by atoms with E-state index in [2.05, 4.69) is 67.3 Å². The van der Waals surface area contributed by atoms with Crippen LogP contribution in [-0.4, -0.2) is 120 Å². The molecule has 3 heterocycles. The number of ether oxygens (including phenoxy) is 4. The Kier molecular flexibility index (Phi) is 16.2. The van der Waals surface area contributed by atoms with Gasteiger partial charge in [-0.2, -0.15) is 0 Å². The van der Waals surface area contributed by atoms with Gasteiger partial charge in [0.15, 0.2) is 23.0 Å². The lowest BCUT2D eigenvalue weighted by Crippen LogP contribution is -2.38. The van der Waals surface area contributed by atoms with Gasteiger partial charge >= 0.3 is 0 Å². The van der Waals surface area contributed by atoms with Crippen molar-refractivity contribution in [3.63, 3.8) is 0 Å². The molecule has 6 aromatic rings. The number of aromatic nitrogens is 4. The maximum Gasteiger partial charge on any atom is 0.163 e. The van der Waals surface area contributed by atoms with Gasteiger partial charge in [-0.3, -0.25) is 0 Å². The smallest absolute Gasteiger partial charge is 0.163 e. The number of nitrogens with zero attached hydrogens (tertiary/aromatic N) is 6. The van der Waals surface area contributed by atoms with Crippen LogP contribution < -0.4 is 29.6 Å². The van der Waals surface area contributed by atoms with E-state index in [1.807, 2.05) is 19.0 Å². The number of hydrogen-bond acceptors (Lipinski definition) is 14. The number of nitrogens with one attached hydrogen (secondary N) is 2. The summed E-state index contributed by atoms with van der Waals surface area (Å²) in [6, 6.07) is 16.4. The molecule has 0 aliphatic carbocycles. The van der Waals surface area contributed by atoms with E-state index < -0.39 is 23.8 Å². The van der Waals surface area contributed by atoms with E-state index >= 15 is 0 Å². The number of β-amino-alcohol motifs (C(OH)–C–C–N with tert-alkyl or cyclic N) is 1. The van der Waals surface area contributed by atoms with Gasteiger partial charge in [0.25, 0.3) is 0 Å². The van der Waals surface area contributed by atoms with Crippen LogP contribution in [-0.2, 0) is 0 Å². The summed E-state index contributed by atoms with van der Waals surface area (Å²) in [5.41, 5.74) is 1.80. The van der Waals surface area contributed by atoms with Crippen LogP contribution in [0.5, 0.6) is 23.0 Å². The minimum atomic E-state index is -0.645. The lowest BCUT2D eigenvalue weighted by Gasteiger charge is -2.28. The molecule has 1 aliphatic heterocycles. The number of anilines is 4. The zero-order chi connectivity index (χ0) is 43.5. The van der Waals surface area contributed by atoms with Crippen molar-refractivity contribution in [1.29, 1.82) is 0 Å². The third-order valence-electron chi connectivity index (χ3n) is 9.57. The van der Waals surface area contributed by atoms with Gasteiger partial charge in [-0.1, -0.05) is 38.3 Å². The lowest BCUT2D eigenvalue weighted by atomic mass is 10.1. The molecule has 2 atom stereocenters.